The minimum Gasteiger partial charge on any atom is -0.464 e. The van der Waals surface area contributed by atoms with E-state index in [1.165, 1.54) is 0 Å². The van der Waals surface area contributed by atoms with Crippen molar-refractivity contribution in [2.24, 2.45) is 0 Å². The highest BCUT2D eigenvalue weighted by atomic mass is 79.9. The summed E-state index contributed by atoms with van der Waals surface area (Å²) in [4.78, 5) is 11.3. The molecule has 0 saturated heterocycles. The van der Waals surface area contributed by atoms with Crippen LogP contribution in [0.3, 0.4) is 0 Å². The summed E-state index contributed by atoms with van der Waals surface area (Å²) in [7, 11) is 0. The van der Waals surface area contributed by atoms with E-state index < -0.39 is 18.2 Å². The SMILES string of the molecule is CCOC(=O)C(O)C(O)c1cc(Br)ccc1C. The molecule has 5 heteroatoms. The van der Waals surface area contributed by atoms with Crippen LogP contribution >= 0.6 is 15.9 Å². The molecule has 0 radical (unpaired) electrons. The highest BCUT2D eigenvalue weighted by Gasteiger charge is 2.27. The standard InChI is InChI=1S/C12H15BrO4/c1-3-17-12(16)11(15)10(14)9-6-8(13)5-4-7(9)2/h4-6,10-11,14-15H,3H2,1-2H3. The maximum atomic E-state index is 11.3. The van der Waals surface area contributed by atoms with E-state index in [0.717, 1.165) is 10.0 Å². The van der Waals surface area contributed by atoms with Crippen molar-refractivity contribution >= 4 is 21.9 Å². The molecule has 1 rings (SSSR count). The Morgan fingerprint density at radius 1 is 1.47 bits per heavy atom. The van der Waals surface area contributed by atoms with Gasteiger partial charge in [0.15, 0.2) is 6.10 Å². The lowest BCUT2D eigenvalue weighted by Crippen LogP contribution is -2.30. The Balaban J connectivity index is 2.91. The largest absolute Gasteiger partial charge is 0.464 e. The lowest BCUT2D eigenvalue weighted by Gasteiger charge is -2.18. The summed E-state index contributed by atoms with van der Waals surface area (Å²) >= 11 is 3.27. The van der Waals surface area contributed by atoms with Crippen LogP contribution in [-0.2, 0) is 9.53 Å². The summed E-state index contributed by atoms with van der Waals surface area (Å²) in [5, 5.41) is 19.6. The van der Waals surface area contributed by atoms with Gasteiger partial charge in [0.1, 0.15) is 6.10 Å². The van der Waals surface area contributed by atoms with Gasteiger partial charge < -0.3 is 14.9 Å². The second kappa shape index (κ2) is 6.14. The average molecular weight is 303 g/mol. The molecule has 0 heterocycles. The minimum atomic E-state index is -1.57. The molecule has 94 valence electrons. The average Bonchev–Trinajstić information content (AvgIpc) is 2.30. The Labute approximate surface area is 108 Å². The smallest absolute Gasteiger partial charge is 0.338 e. The molecule has 4 nitrogen and oxygen atoms in total. The molecule has 1 aromatic rings. The van der Waals surface area contributed by atoms with Gasteiger partial charge in [-0.05, 0) is 37.1 Å². The van der Waals surface area contributed by atoms with Crippen LogP contribution in [0.4, 0.5) is 0 Å². The Morgan fingerprint density at radius 2 is 2.12 bits per heavy atom. The first-order valence-electron chi connectivity index (χ1n) is 5.26. The monoisotopic (exact) mass is 302 g/mol. The second-order valence-corrected chi connectivity index (χ2v) is 4.56. The molecule has 1 aromatic carbocycles. The van der Waals surface area contributed by atoms with Gasteiger partial charge in [-0.1, -0.05) is 22.0 Å². The fourth-order valence-corrected chi connectivity index (χ4v) is 1.84. The molecular weight excluding hydrogens is 288 g/mol. The van der Waals surface area contributed by atoms with Crippen molar-refractivity contribution in [2.75, 3.05) is 6.61 Å². The zero-order chi connectivity index (χ0) is 13.0. The molecule has 0 spiro atoms. The number of rotatable bonds is 4. The summed E-state index contributed by atoms with van der Waals surface area (Å²) in [6.45, 7) is 3.60. The number of aliphatic hydroxyl groups is 2. The van der Waals surface area contributed by atoms with Gasteiger partial charge in [-0.3, -0.25) is 0 Å². The van der Waals surface area contributed by atoms with E-state index in [-0.39, 0.29) is 6.61 Å². The number of carbonyl (C=O) groups excluding carboxylic acids is 1. The molecule has 0 bridgehead atoms. The van der Waals surface area contributed by atoms with Gasteiger partial charge in [0, 0.05) is 4.47 Å². The Hall–Kier alpha value is -0.910. The Kier molecular flexibility index (Phi) is 5.11. The van der Waals surface area contributed by atoms with Gasteiger partial charge in [0.25, 0.3) is 0 Å². The maximum Gasteiger partial charge on any atom is 0.338 e. The molecule has 0 aliphatic carbocycles. The highest BCUT2D eigenvalue weighted by Crippen LogP contribution is 2.25. The number of halogens is 1. The van der Waals surface area contributed by atoms with E-state index >= 15 is 0 Å². The highest BCUT2D eigenvalue weighted by molar-refractivity contribution is 9.10. The first-order chi connectivity index (χ1) is 7.97. The zero-order valence-electron chi connectivity index (χ0n) is 9.68. The number of hydrogen-bond donors (Lipinski definition) is 2. The van der Waals surface area contributed by atoms with E-state index in [1.807, 2.05) is 6.07 Å². The molecule has 0 aliphatic rings. The first kappa shape index (κ1) is 14.2. The van der Waals surface area contributed by atoms with Gasteiger partial charge in [0.2, 0.25) is 0 Å². The van der Waals surface area contributed by atoms with Gasteiger partial charge >= 0.3 is 5.97 Å². The number of aryl methyl sites for hydroxylation is 1. The van der Waals surface area contributed by atoms with Crippen molar-refractivity contribution in [1.82, 2.24) is 0 Å². The lowest BCUT2D eigenvalue weighted by atomic mass is 10.00. The zero-order valence-corrected chi connectivity index (χ0v) is 11.3. The molecule has 0 amide bonds. The van der Waals surface area contributed by atoms with Crippen molar-refractivity contribution in [3.8, 4) is 0 Å². The van der Waals surface area contributed by atoms with Gasteiger partial charge in [-0.25, -0.2) is 4.79 Å². The third-order valence-corrected chi connectivity index (χ3v) is 2.88. The Bertz CT molecular complexity index is 405. The topological polar surface area (TPSA) is 66.8 Å². The summed E-state index contributed by atoms with van der Waals surface area (Å²) in [6, 6.07) is 5.28. The molecular formula is C12H15BrO4. The third kappa shape index (κ3) is 3.52. The van der Waals surface area contributed by atoms with E-state index in [0.29, 0.717) is 5.56 Å². The lowest BCUT2D eigenvalue weighted by molar-refractivity contribution is -0.159. The van der Waals surface area contributed by atoms with Gasteiger partial charge in [-0.2, -0.15) is 0 Å². The number of carbonyl (C=O) groups is 1. The number of aliphatic hydroxyl groups excluding tert-OH is 2. The summed E-state index contributed by atoms with van der Waals surface area (Å²) in [5.74, 6) is -0.820. The molecule has 2 atom stereocenters. The maximum absolute atomic E-state index is 11.3. The number of ether oxygens (including phenoxy) is 1. The number of benzene rings is 1. The minimum absolute atomic E-state index is 0.167. The molecule has 0 fully saturated rings. The van der Waals surface area contributed by atoms with E-state index in [1.54, 1.807) is 26.0 Å². The van der Waals surface area contributed by atoms with E-state index in [9.17, 15) is 15.0 Å². The number of hydrogen-bond acceptors (Lipinski definition) is 4. The fourth-order valence-electron chi connectivity index (χ4n) is 1.46. The summed E-state index contributed by atoms with van der Waals surface area (Å²) in [6.07, 6.45) is -2.85. The van der Waals surface area contributed by atoms with Crippen LogP contribution in [0, 0.1) is 6.92 Å². The van der Waals surface area contributed by atoms with Crippen LogP contribution < -0.4 is 0 Å². The molecule has 0 saturated carbocycles. The van der Waals surface area contributed by atoms with Crippen LogP contribution in [-0.4, -0.2) is 28.9 Å². The van der Waals surface area contributed by atoms with Crippen molar-refractivity contribution in [3.63, 3.8) is 0 Å². The quantitative estimate of drug-likeness (QED) is 0.831. The molecule has 0 aromatic heterocycles. The molecule has 2 N–H and O–H groups in total. The molecule has 2 unspecified atom stereocenters. The van der Waals surface area contributed by atoms with Crippen LogP contribution in [0.25, 0.3) is 0 Å². The second-order valence-electron chi connectivity index (χ2n) is 3.64. The molecule has 17 heavy (non-hydrogen) atoms. The Morgan fingerprint density at radius 3 is 2.71 bits per heavy atom. The fraction of sp³-hybridized carbons (Fsp3) is 0.417. The van der Waals surface area contributed by atoms with Crippen molar-refractivity contribution in [2.45, 2.75) is 26.1 Å². The van der Waals surface area contributed by atoms with Crippen molar-refractivity contribution in [3.05, 3.63) is 33.8 Å². The van der Waals surface area contributed by atoms with Crippen LogP contribution in [0.15, 0.2) is 22.7 Å². The first-order valence-corrected chi connectivity index (χ1v) is 6.05. The van der Waals surface area contributed by atoms with Crippen LogP contribution in [0.1, 0.15) is 24.2 Å². The van der Waals surface area contributed by atoms with E-state index in [2.05, 4.69) is 20.7 Å². The molecule has 0 aliphatic heterocycles. The van der Waals surface area contributed by atoms with Crippen molar-refractivity contribution < 1.29 is 19.7 Å². The van der Waals surface area contributed by atoms with Gasteiger partial charge in [-0.15, -0.1) is 0 Å². The van der Waals surface area contributed by atoms with Crippen LogP contribution in [0.2, 0.25) is 0 Å². The van der Waals surface area contributed by atoms with Gasteiger partial charge in [0.05, 0.1) is 6.61 Å². The summed E-state index contributed by atoms with van der Waals surface area (Å²) in [5.41, 5.74) is 1.30. The summed E-state index contributed by atoms with van der Waals surface area (Å²) < 4.78 is 5.43. The predicted octanol–water partition coefficient (Wildman–Crippen LogP) is 1.71. The third-order valence-electron chi connectivity index (χ3n) is 2.39. The van der Waals surface area contributed by atoms with Crippen molar-refractivity contribution in [1.29, 1.82) is 0 Å². The van der Waals surface area contributed by atoms with Crippen LogP contribution in [0.5, 0.6) is 0 Å². The predicted molar refractivity (Wildman–Crippen MR) is 66.5 cm³/mol. The number of esters is 1. The van der Waals surface area contributed by atoms with E-state index in [4.69, 9.17) is 0 Å². The normalized spacial score (nSPS) is 14.2.